The fraction of sp³-hybridized carbons (Fsp3) is 0.304. The van der Waals surface area contributed by atoms with Crippen LogP contribution in [0.2, 0.25) is 0 Å². The Bertz CT molecular complexity index is 970. The van der Waals surface area contributed by atoms with E-state index in [-0.39, 0.29) is 28.4 Å². The maximum absolute atomic E-state index is 12.8. The lowest BCUT2D eigenvalue weighted by molar-refractivity contribution is -0.131. The molecule has 2 aromatic carbocycles. The van der Waals surface area contributed by atoms with Crippen LogP contribution in [0.3, 0.4) is 0 Å². The van der Waals surface area contributed by atoms with E-state index in [4.69, 9.17) is 14.2 Å². The second-order valence-electron chi connectivity index (χ2n) is 7.50. The second kappa shape index (κ2) is 7.99. The number of carbonyl (C=O) groups is 2. The molecular weight excluding hydrogens is 372 g/mol. The summed E-state index contributed by atoms with van der Waals surface area (Å²) in [5, 5.41) is 10.7. The summed E-state index contributed by atoms with van der Waals surface area (Å²) in [6, 6.07) is 8.39. The van der Waals surface area contributed by atoms with Crippen LogP contribution in [0.25, 0.3) is 6.08 Å². The Kier molecular flexibility index (Phi) is 5.64. The fourth-order valence-electron chi connectivity index (χ4n) is 3.24. The fourth-order valence-corrected chi connectivity index (χ4v) is 3.24. The number of hydrogen-bond donors (Lipinski definition) is 1. The molecule has 1 aliphatic heterocycles. The van der Waals surface area contributed by atoms with Gasteiger partial charge in [0.1, 0.15) is 34.2 Å². The molecule has 0 unspecified atom stereocenters. The highest BCUT2D eigenvalue weighted by Gasteiger charge is 2.32. The molecule has 0 atom stereocenters. The molecule has 6 nitrogen and oxygen atoms in total. The Balaban J connectivity index is 1.87. The smallest absolute Gasteiger partial charge is 0.308 e. The highest BCUT2D eigenvalue weighted by Crippen LogP contribution is 2.44. The molecule has 3 rings (SSSR count). The van der Waals surface area contributed by atoms with Crippen LogP contribution < -0.4 is 14.2 Å². The topological polar surface area (TPSA) is 82.1 Å². The van der Waals surface area contributed by atoms with E-state index in [9.17, 15) is 14.7 Å². The van der Waals surface area contributed by atoms with Gasteiger partial charge in [0.05, 0.1) is 7.11 Å². The molecule has 0 amide bonds. The van der Waals surface area contributed by atoms with Gasteiger partial charge in [-0.2, -0.15) is 0 Å². The maximum Gasteiger partial charge on any atom is 0.308 e. The molecule has 152 valence electrons. The van der Waals surface area contributed by atoms with Gasteiger partial charge in [-0.3, -0.25) is 9.59 Å². The Hall–Kier alpha value is -3.28. The van der Waals surface area contributed by atoms with Gasteiger partial charge in [-0.25, -0.2) is 0 Å². The summed E-state index contributed by atoms with van der Waals surface area (Å²) in [5.74, 6) is 0.352. The molecule has 0 saturated carbocycles. The number of phenols is 1. The Morgan fingerprint density at radius 2 is 1.90 bits per heavy atom. The van der Waals surface area contributed by atoms with Gasteiger partial charge in [-0.1, -0.05) is 18.2 Å². The van der Waals surface area contributed by atoms with E-state index in [0.717, 1.165) is 12.0 Å². The number of aromatic hydroxyl groups is 1. The van der Waals surface area contributed by atoms with Gasteiger partial charge >= 0.3 is 5.97 Å². The van der Waals surface area contributed by atoms with Crippen molar-refractivity contribution >= 4 is 17.8 Å². The summed E-state index contributed by atoms with van der Waals surface area (Å²) in [6.45, 7) is 5.29. The number of ketones is 1. The van der Waals surface area contributed by atoms with Crippen molar-refractivity contribution in [1.29, 1.82) is 0 Å². The summed E-state index contributed by atoms with van der Waals surface area (Å²) >= 11 is 0. The van der Waals surface area contributed by atoms with E-state index in [1.165, 1.54) is 20.1 Å². The van der Waals surface area contributed by atoms with E-state index in [1.54, 1.807) is 36.4 Å². The number of methoxy groups -OCH3 is 1. The number of hydrogen-bond acceptors (Lipinski definition) is 6. The molecule has 1 aliphatic rings. The average molecular weight is 396 g/mol. The third-order valence-electron chi connectivity index (χ3n) is 4.73. The molecule has 0 fully saturated rings. The quantitative estimate of drug-likeness (QED) is 0.351. The summed E-state index contributed by atoms with van der Waals surface area (Å²) in [6.07, 6.45) is 4.34. The van der Waals surface area contributed by atoms with E-state index in [2.05, 4.69) is 0 Å². The first-order chi connectivity index (χ1) is 13.7. The molecule has 6 heteroatoms. The van der Waals surface area contributed by atoms with Gasteiger partial charge in [-0.15, -0.1) is 0 Å². The Labute approximate surface area is 169 Å². The van der Waals surface area contributed by atoms with Crippen LogP contribution in [0, 0.1) is 0 Å². The maximum atomic E-state index is 12.8. The third-order valence-corrected chi connectivity index (χ3v) is 4.73. The van der Waals surface area contributed by atoms with Crippen molar-refractivity contribution < 1.29 is 28.9 Å². The zero-order valence-corrected chi connectivity index (χ0v) is 16.9. The van der Waals surface area contributed by atoms with E-state index >= 15 is 0 Å². The molecule has 0 aliphatic carbocycles. The monoisotopic (exact) mass is 396 g/mol. The third kappa shape index (κ3) is 4.59. The normalized spacial score (nSPS) is 14.8. The SMILES string of the molecule is COc1cc2c(c(O)c1C(=O)/C=C/c1ccc(OC(C)=O)cc1)CCC(C)(C)O2. The van der Waals surface area contributed by atoms with Crippen molar-refractivity contribution in [1.82, 2.24) is 0 Å². The number of allylic oxidation sites excluding steroid dienone is 1. The van der Waals surface area contributed by atoms with E-state index < -0.39 is 5.97 Å². The van der Waals surface area contributed by atoms with Gasteiger partial charge < -0.3 is 19.3 Å². The minimum Gasteiger partial charge on any atom is -0.507 e. The van der Waals surface area contributed by atoms with Crippen molar-refractivity contribution in [3.05, 3.63) is 53.1 Å². The molecule has 1 heterocycles. The lowest BCUT2D eigenvalue weighted by Crippen LogP contribution is -2.32. The largest absolute Gasteiger partial charge is 0.507 e. The molecule has 0 saturated heterocycles. The van der Waals surface area contributed by atoms with Gasteiger partial charge in [-0.05, 0) is 50.5 Å². The van der Waals surface area contributed by atoms with Crippen LogP contribution in [0.4, 0.5) is 0 Å². The standard InChI is InChI=1S/C23H24O6/c1-14(24)28-16-8-5-15(6-9-16)7-10-18(25)21-20(27-4)13-19-17(22(21)26)11-12-23(2,3)29-19/h5-10,13,26H,11-12H2,1-4H3/b10-7+. The molecule has 0 spiro atoms. The number of phenolic OH excluding ortho intramolecular Hbond substituents is 1. The predicted octanol–water partition coefficient (Wildman–Crippen LogP) is 4.33. The van der Waals surface area contributed by atoms with Crippen LogP contribution in [-0.4, -0.2) is 29.6 Å². The number of esters is 1. The molecule has 0 radical (unpaired) electrons. The zero-order valence-electron chi connectivity index (χ0n) is 16.9. The van der Waals surface area contributed by atoms with Crippen molar-refractivity contribution in [2.45, 2.75) is 39.2 Å². The number of rotatable bonds is 5. The van der Waals surface area contributed by atoms with Crippen LogP contribution in [0.15, 0.2) is 36.4 Å². The van der Waals surface area contributed by atoms with Crippen LogP contribution in [-0.2, 0) is 11.2 Å². The van der Waals surface area contributed by atoms with Gasteiger partial charge in [0.2, 0.25) is 0 Å². The van der Waals surface area contributed by atoms with Crippen molar-refractivity contribution in [3.63, 3.8) is 0 Å². The van der Waals surface area contributed by atoms with Crippen molar-refractivity contribution in [3.8, 4) is 23.0 Å². The first-order valence-electron chi connectivity index (χ1n) is 9.33. The second-order valence-corrected chi connectivity index (χ2v) is 7.50. The van der Waals surface area contributed by atoms with Crippen molar-refractivity contribution in [2.75, 3.05) is 7.11 Å². The summed E-state index contributed by atoms with van der Waals surface area (Å²) in [7, 11) is 1.45. The first-order valence-corrected chi connectivity index (χ1v) is 9.33. The van der Waals surface area contributed by atoms with E-state index in [0.29, 0.717) is 23.5 Å². The molecule has 29 heavy (non-hydrogen) atoms. The summed E-state index contributed by atoms with van der Waals surface area (Å²) in [5.41, 5.74) is 1.14. The lowest BCUT2D eigenvalue weighted by atomic mass is 9.91. The minimum atomic E-state index is -0.397. The number of fused-ring (bicyclic) bond motifs is 1. The molecule has 2 aromatic rings. The van der Waals surface area contributed by atoms with Crippen molar-refractivity contribution in [2.24, 2.45) is 0 Å². The summed E-state index contributed by atoms with van der Waals surface area (Å²) in [4.78, 5) is 23.8. The van der Waals surface area contributed by atoms with Gasteiger partial charge in [0, 0.05) is 18.6 Å². The molecule has 0 aromatic heterocycles. The minimum absolute atomic E-state index is 0.102. The number of benzene rings is 2. The lowest BCUT2D eigenvalue weighted by Gasteiger charge is -2.33. The van der Waals surface area contributed by atoms with Crippen LogP contribution >= 0.6 is 0 Å². The Morgan fingerprint density at radius 1 is 1.21 bits per heavy atom. The van der Waals surface area contributed by atoms with Gasteiger partial charge in [0.25, 0.3) is 0 Å². The van der Waals surface area contributed by atoms with Crippen LogP contribution in [0.5, 0.6) is 23.0 Å². The zero-order chi connectivity index (χ0) is 21.2. The number of carbonyl (C=O) groups excluding carboxylic acids is 2. The van der Waals surface area contributed by atoms with E-state index in [1.807, 2.05) is 13.8 Å². The average Bonchev–Trinajstić information content (AvgIpc) is 2.65. The molecular formula is C23H24O6. The highest BCUT2D eigenvalue weighted by atomic mass is 16.5. The Morgan fingerprint density at radius 3 is 2.52 bits per heavy atom. The molecule has 0 bridgehead atoms. The predicted molar refractivity (Wildman–Crippen MR) is 109 cm³/mol. The highest BCUT2D eigenvalue weighted by molar-refractivity contribution is 6.11. The van der Waals surface area contributed by atoms with Gasteiger partial charge in [0.15, 0.2) is 5.78 Å². The summed E-state index contributed by atoms with van der Waals surface area (Å²) < 4.78 is 16.3. The first kappa shape index (κ1) is 20.5. The molecule has 1 N–H and O–H groups in total. The van der Waals surface area contributed by atoms with Crippen LogP contribution in [0.1, 0.15) is 48.7 Å². The number of ether oxygens (including phenoxy) is 3.